The molecule has 5 heteroatoms. The summed E-state index contributed by atoms with van der Waals surface area (Å²) in [6.45, 7) is 0. The van der Waals surface area contributed by atoms with Crippen molar-refractivity contribution >= 4 is 15.9 Å². The molecule has 0 fully saturated rings. The standard InChI is InChI=1S/C14H14BrN2O2/c15-11-5-3-4-10(8-11)14-9-16(18)12-6-1-2-7-13(12)17(14)19/h3-5,8-9,19H,1-2,6-7H2/q+1. The predicted molar refractivity (Wildman–Crippen MR) is 74.8 cm³/mol. The molecule has 19 heavy (non-hydrogen) atoms. The third-order valence-corrected chi connectivity index (χ3v) is 4.01. The fourth-order valence-corrected chi connectivity index (χ4v) is 2.97. The minimum absolute atomic E-state index is 0.525. The van der Waals surface area contributed by atoms with Gasteiger partial charge in [0.1, 0.15) is 5.69 Å². The molecule has 1 aromatic heterocycles. The highest BCUT2D eigenvalue weighted by atomic mass is 79.9. The number of benzene rings is 1. The maximum absolute atomic E-state index is 12.1. The van der Waals surface area contributed by atoms with Crippen LogP contribution in [0.25, 0.3) is 11.3 Å². The third-order valence-electron chi connectivity index (χ3n) is 3.52. The normalized spacial score (nSPS) is 14.2. The molecule has 1 N–H and O–H groups in total. The van der Waals surface area contributed by atoms with Gasteiger partial charge in [-0.05, 0) is 31.4 Å². The van der Waals surface area contributed by atoms with E-state index in [0.29, 0.717) is 11.4 Å². The van der Waals surface area contributed by atoms with Crippen molar-refractivity contribution in [2.45, 2.75) is 25.7 Å². The van der Waals surface area contributed by atoms with E-state index in [9.17, 15) is 10.1 Å². The summed E-state index contributed by atoms with van der Waals surface area (Å²) < 4.78 is 2.99. The minimum atomic E-state index is 0.525. The van der Waals surface area contributed by atoms with Crippen molar-refractivity contribution in [3.8, 4) is 11.3 Å². The number of hydrogen-bond acceptors (Lipinski definition) is 2. The van der Waals surface area contributed by atoms with Gasteiger partial charge in [-0.1, -0.05) is 28.1 Å². The van der Waals surface area contributed by atoms with E-state index in [1.165, 1.54) is 10.9 Å². The van der Waals surface area contributed by atoms with Crippen LogP contribution in [-0.4, -0.2) is 9.94 Å². The van der Waals surface area contributed by atoms with Crippen molar-refractivity contribution in [3.05, 3.63) is 51.2 Å². The minimum Gasteiger partial charge on any atom is -0.428 e. The van der Waals surface area contributed by atoms with Crippen molar-refractivity contribution < 1.29 is 9.63 Å². The van der Waals surface area contributed by atoms with Gasteiger partial charge in [-0.2, -0.15) is 4.73 Å². The van der Waals surface area contributed by atoms with Gasteiger partial charge in [-0.25, -0.2) is 0 Å². The summed E-state index contributed by atoms with van der Waals surface area (Å²) in [6, 6.07) is 7.56. The lowest BCUT2D eigenvalue weighted by Gasteiger charge is -2.14. The van der Waals surface area contributed by atoms with Crippen LogP contribution in [0.5, 0.6) is 0 Å². The maximum atomic E-state index is 12.1. The highest BCUT2D eigenvalue weighted by molar-refractivity contribution is 9.10. The molecule has 0 bridgehead atoms. The molecular formula is C14H14BrN2O2+. The highest BCUT2D eigenvalue weighted by Gasteiger charge is 2.26. The molecule has 2 aromatic rings. The lowest BCUT2D eigenvalue weighted by molar-refractivity contribution is -0.507. The summed E-state index contributed by atoms with van der Waals surface area (Å²) >= 11 is 3.40. The fraction of sp³-hybridized carbons (Fsp3) is 0.286. The van der Waals surface area contributed by atoms with Gasteiger partial charge in [0.25, 0.3) is 11.9 Å². The van der Waals surface area contributed by atoms with Gasteiger partial charge in [0, 0.05) is 21.4 Å². The largest absolute Gasteiger partial charge is 0.428 e. The predicted octanol–water partition coefficient (Wildman–Crippen LogP) is 2.95. The van der Waals surface area contributed by atoms with Crippen molar-refractivity contribution in [2.24, 2.45) is 0 Å². The Labute approximate surface area is 119 Å². The van der Waals surface area contributed by atoms with E-state index in [4.69, 9.17) is 0 Å². The second-order valence-corrected chi connectivity index (χ2v) is 5.68. The molecule has 4 nitrogen and oxygen atoms in total. The zero-order valence-electron chi connectivity index (χ0n) is 10.3. The van der Waals surface area contributed by atoms with Crippen LogP contribution in [-0.2, 0) is 12.8 Å². The smallest absolute Gasteiger partial charge is 0.262 e. The monoisotopic (exact) mass is 321 g/mol. The van der Waals surface area contributed by atoms with Crippen LogP contribution in [0.15, 0.2) is 34.9 Å². The van der Waals surface area contributed by atoms with E-state index in [0.717, 1.165) is 45.8 Å². The Bertz CT molecular complexity index is 694. The van der Waals surface area contributed by atoms with Gasteiger partial charge in [0.05, 0.1) is 4.43 Å². The van der Waals surface area contributed by atoms with Gasteiger partial charge in [0.15, 0.2) is 5.69 Å². The first kappa shape index (κ1) is 12.4. The quantitative estimate of drug-likeness (QED) is 0.648. The highest BCUT2D eigenvalue weighted by Crippen LogP contribution is 2.25. The van der Waals surface area contributed by atoms with Crippen LogP contribution in [0.4, 0.5) is 0 Å². The molecule has 0 radical (unpaired) electrons. The molecule has 0 amide bonds. The molecule has 0 atom stereocenters. The summed E-state index contributed by atoms with van der Waals surface area (Å²) in [4.78, 5) is 12.1. The molecule has 1 heterocycles. The van der Waals surface area contributed by atoms with E-state index >= 15 is 0 Å². The van der Waals surface area contributed by atoms with Gasteiger partial charge in [-0.3, -0.25) is 0 Å². The van der Waals surface area contributed by atoms with Crippen LogP contribution in [0, 0.1) is 4.91 Å². The Kier molecular flexibility index (Phi) is 3.14. The number of rotatable bonds is 1. The van der Waals surface area contributed by atoms with Gasteiger partial charge >= 0.3 is 0 Å². The zero-order valence-corrected chi connectivity index (χ0v) is 11.9. The van der Waals surface area contributed by atoms with Crippen molar-refractivity contribution in [1.29, 1.82) is 0 Å². The van der Waals surface area contributed by atoms with Crippen molar-refractivity contribution in [2.75, 3.05) is 0 Å². The van der Waals surface area contributed by atoms with Crippen molar-refractivity contribution in [3.63, 3.8) is 0 Å². The number of halogens is 1. The molecule has 0 saturated heterocycles. The summed E-state index contributed by atoms with van der Waals surface area (Å²) in [6.07, 6.45) is 4.95. The summed E-state index contributed by atoms with van der Waals surface area (Å²) in [5.74, 6) is 0. The zero-order chi connectivity index (χ0) is 13.4. The molecule has 1 aromatic carbocycles. The maximum Gasteiger partial charge on any atom is 0.262 e. The van der Waals surface area contributed by atoms with Crippen LogP contribution in [0.3, 0.4) is 0 Å². The Morgan fingerprint density at radius 3 is 2.84 bits per heavy atom. The van der Waals surface area contributed by atoms with E-state index in [2.05, 4.69) is 15.9 Å². The summed E-state index contributed by atoms with van der Waals surface area (Å²) in [7, 11) is 0. The number of nitrogens with zero attached hydrogens (tertiary/aromatic N) is 2. The Hall–Kier alpha value is -1.62. The Balaban J connectivity index is 2.23. The average Bonchev–Trinajstić information content (AvgIpc) is 2.43. The fourth-order valence-electron chi connectivity index (χ4n) is 2.57. The molecule has 0 spiro atoms. The van der Waals surface area contributed by atoms with Crippen LogP contribution in [0.2, 0.25) is 0 Å². The molecule has 3 rings (SSSR count). The SMILES string of the molecule is O=[n+]1cc(-c2cccc(Br)c2)n(O)c2c1CCCC2. The Morgan fingerprint density at radius 1 is 1.26 bits per heavy atom. The molecule has 0 saturated carbocycles. The van der Waals surface area contributed by atoms with Crippen LogP contribution >= 0.6 is 15.9 Å². The van der Waals surface area contributed by atoms with E-state index < -0.39 is 0 Å². The molecular weight excluding hydrogens is 308 g/mol. The third kappa shape index (κ3) is 2.18. The number of fused-ring (bicyclic) bond motifs is 1. The van der Waals surface area contributed by atoms with Gasteiger partial charge in [0.2, 0.25) is 0 Å². The first-order valence-corrected chi connectivity index (χ1v) is 7.11. The van der Waals surface area contributed by atoms with Gasteiger partial charge < -0.3 is 5.21 Å². The van der Waals surface area contributed by atoms with Gasteiger partial charge in [-0.15, -0.1) is 0 Å². The average molecular weight is 322 g/mol. The summed E-state index contributed by atoms with van der Waals surface area (Å²) in [5, 5.41) is 10.4. The summed E-state index contributed by atoms with van der Waals surface area (Å²) in [5.41, 5.74) is 2.76. The lowest BCUT2D eigenvalue weighted by atomic mass is 10.00. The molecule has 1 aliphatic rings. The second kappa shape index (κ2) is 4.81. The first-order chi connectivity index (χ1) is 9.16. The van der Waals surface area contributed by atoms with Crippen LogP contribution in [0.1, 0.15) is 24.2 Å². The molecule has 0 aliphatic heterocycles. The van der Waals surface area contributed by atoms with Crippen LogP contribution < -0.4 is 4.43 Å². The Morgan fingerprint density at radius 2 is 2.05 bits per heavy atom. The van der Waals surface area contributed by atoms with E-state index in [-0.39, 0.29) is 0 Å². The molecule has 1 aliphatic carbocycles. The topological polar surface area (TPSA) is 48.1 Å². The molecule has 98 valence electrons. The number of hydrogen-bond donors (Lipinski definition) is 1. The first-order valence-electron chi connectivity index (χ1n) is 6.32. The second-order valence-electron chi connectivity index (χ2n) is 4.76. The molecule has 0 unspecified atom stereocenters. The number of aromatic nitrogens is 2. The van der Waals surface area contributed by atoms with E-state index in [1.807, 2.05) is 24.3 Å². The van der Waals surface area contributed by atoms with E-state index in [1.54, 1.807) is 0 Å². The lowest BCUT2D eigenvalue weighted by Crippen LogP contribution is -2.30. The van der Waals surface area contributed by atoms with Crippen molar-refractivity contribution in [1.82, 2.24) is 4.73 Å².